The van der Waals surface area contributed by atoms with E-state index < -0.39 is 179 Å². The van der Waals surface area contributed by atoms with Crippen LogP contribution in [0.15, 0.2) is 84.9 Å². The maximum absolute atomic E-state index is 14.1. The summed E-state index contributed by atoms with van der Waals surface area (Å²) in [5.74, 6) is -8.69. The summed E-state index contributed by atoms with van der Waals surface area (Å²) in [4.78, 5) is 66.3. The third-order valence-corrected chi connectivity index (χ3v) is 13.4. The van der Waals surface area contributed by atoms with E-state index in [-0.39, 0.29) is 22.8 Å². The lowest BCUT2D eigenvalue weighted by Crippen LogP contribution is -2.69. The second-order valence-electron chi connectivity index (χ2n) is 19.2. The minimum absolute atomic E-state index is 0.0317. The van der Waals surface area contributed by atoms with Crippen molar-refractivity contribution >= 4 is 42.0 Å². The zero-order chi connectivity index (χ0) is 60.3. The number of aliphatic hydroxyl groups excluding tert-OH is 9. The van der Waals surface area contributed by atoms with E-state index in [9.17, 15) is 80.1 Å². The molecule has 29 nitrogen and oxygen atoms in total. The molecule has 4 heterocycles. The van der Waals surface area contributed by atoms with E-state index in [2.05, 4.69) is 0 Å². The lowest BCUT2D eigenvalue weighted by Gasteiger charge is -2.50. The molecule has 0 aliphatic carbocycles. The Kier molecular flexibility index (Phi) is 22.1. The highest BCUT2D eigenvalue weighted by molar-refractivity contribution is 5.90. The molecule has 29 heteroatoms. The van der Waals surface area contributed by atoms with Crippen LogP contribution in [0.2, 0.25) is 0 Å². The number of esters is 5. The second-order valence-corrected chi connectivity index (χ2v) is 19.2. The van der Waals surface area contributed by atoms with Gasteiger partial charge in [-0.3, -0.25) is 9.59 Å². The molecule has 0 spiro atoms. The molecule has 4 aliphatic rings. The smallest absolute Gasteiger partial charge is 0.338 e. The zero-order valence-electron chi connectivity index (χ0n) is 44.4. The number of methoxy groups -OCH3 is 1. The first-order valence-corrected chi connectivity index (χ1v) is 25.6. The molecule has 0 radical (unpaired) electrons. The Hall–Kier alpha value is -6.75. The fourth-order valence-corrected chi connectivity index (χ4v) is 9.06. The van der Waals surface area contributed by atoms with Crippen molar-refractivity contribution in [2.45, 2.75) is 130 Å². The summed E-state index contributed by atoms with van der Waals surface area (Å²) >= 11 is 0. The van der Waals surface area contributed by atoms with Crippen molar-refractivity contribution in [1.82, 2.24) is 0 Å². The molecular weight excluding hydrogens is 1110 g/mol. The summed E-state index contributed by atoms with van der Waals surface area (Å²) in [6, 6.07) is 16.6. The van der Waals surface area contributed by atoms with Crippen molar-refractivity contribution in [2.75, 3.05) is 40.1 Å². The quantitative estimate of drug-likeness (QED) is 0.0275. The Labute approximate surface area is 471 Å². The highest BCUT2D eigenvalue weighted by Gasteiger charge is 2.64. The predicted octanol–water partition coefficient (Wildman–Crippen LogP) is -2.79. The number of benzene rings is 3. The molecule has 4 saturated heterocycles. The van der Waals surface area contributed by atoms with Crippen LogP contribution in [-0.2, 0) is 76.0 Å². The van der Waals surface area contributed by atoms with Crippen molar-refractivity contribution < 1.29 is 142 Å². The van der Waals surface area contributed by atoms with E-state index in [4.69, 9.17) is 61.6 Å². The van der Waals surface area contributed by atoms with Crippen LogP contribution in [0.1, 0.15) is 35.3 Å². The molecule has 0 unspecified atom stereocenters. The molecule has 19 atom stereocenters. The third kappa shape index (κ3) is 15.7. The van der Waals surface area contributed by atoms with Crippen molar-refractivity contribution in [2.24, 2.45) is 0 Å². The summed E-state index contributed by atoms with van der Waals surface area (Å²) in [5, 5.41) is 120. The van der Waals surface area contributed by atoms with Crippen molar-refractivity contribution in [3.63, 3.8) is 0 Å². The maximum atomic E-state index is 14.1. The zero-order valence-corrected chi connectivity index (χ0v) is 44.4. The fourth-order valence-electron chi connectivity index (χ4n) is 9.06. The van der Waals surface area contributed by atoms with Gasteiger partial charge in [-0.25, -0.2) is 14.4 Å². The Bertz CT molecular complexity index is 2720. The molecular formula is C54H64O29. The SMILES string of the molecule is COc1cc(/C=C/C(=O)OC[C@]2(O[C@H]3O[C@H](COC(C)=O)[C@@H](OC(=O)/C=C\c4ccc(O)cc4)[C@H](O[C@H]4O[C@H](COC(C)=O)[C@@H](O)[C@H](O)[C@H]4O)[C@H]3O[C@H]3O[C@@H](CO)[C@@H](O)[C@H](O)[C@H]3O)O[C@@H](CO)[C@@H](O)[C@@H]2OC(=O)c2ccccc2)ccc1O. The van der Waals surface area contributed by atoms with Gasteiger partial charge in [-0.1, -0.05) is 36.4 Å². The van der Waals surface area contributed by atoms with Gasteiger partial charge in [0.1, 0.15) is 105 Å². The monoisotopic (exact) mass is 1180 g/mol. The average molecular weight is 1180 g/mol. The lowest BCUT2D eigenvalue weighted by molar-refractivity contribution is -0.421. The number of hydrogen-bond acceptors (Lipinski definition) is 29. The van der Waals surface area contributed by atoms with Gasteiger partial charge in [0.2, 0.25) is 5.79 Å². The van der Waals surface area contributed by atoms with Crippen molar-refractivity contribution in [3.8, 4) is 17.2 Å². The molecule has 0 amide bonds. The molecule has 83 heavy (non-hydrogen) atoms. The van der Waals surface area contributed by atoms with Gasteiger partial charge in [-0.05, 0) is 59.7 Å². The highest BCUT2D eigenvalue weighted by Crippen LogP contribution is 2.42. The molecule has 11 N–H and O–H groups in total. The number of phenols is 2. The van der Waals surface area contributed by atoms with Crippen LogP contribution in [0.3, 0.4) is 0 Å². The number of hydrogen-bond donors (Lipinski definition) is 11. The number of rotatable bonds is 22. The van der Waals surface area contributed by atoms with E-state index in [0.29, 0.717) is 11.1 Å². The molecule has 4 aliphatic heterocycles. The number of ether oxygens (including phenoxy) is 13. The van der Waals surface area contributed by atoms with E-state index in [1.807, 2.05) is 0 Å². The Morgan fingerprint density at radius 1 is 0.566 bits per heavy atom. The molecule has 7 rings (SSSR count). The van der Waals surface area contributed by atoms with Crippen LogP contribution in [0.5, 0.6) is 17.2 Å². The number of carbonyl (C=O) groups is 5. The standard InChI is InChI=1S/C54H64O29/c1-25(57)72-22-35-40(64)43(67)45(69)52(76-35)79-47-46(78-38(62)18-12-27-9-14-30(59)15-10-27)36(23-73-26(2)58)77-53(48(47)80-51-44(68)42(66)39(63)33(20-55)75-51)83-54(24-74-37(61)17-13-28-11-16-31(60)32(19-28)71-3)49(41(65)34(21-56)82-54)81-50(70)29-7-5-4-6-8-29/h4-19,33-36,39-49,51-53,55-56,59-60,63-69H,20-24H2,1-3H3/b17-13+,18-12-/t33-,34-,35+,36+,39+,40+,41+,42-,43-,44+,45+,46+,47-,48+,49-,51+,52+,53+,54+/m0/s1. The van der Waals surface area contributed by atoms with Gasteiger partial charge in [0, 0.05) is 26.0 Å². The van der Waals surface area contributed by atoms with Gasteiger partial charge in [0.05, 0.1) is 25.9 Å². The van der Waals surface area contributed by atoms with Crippen LogP contribution in [0.25, 0.3) is 12.2 Å². The van der Waals surface area contributed by atoms with Gasteiger partial charge < -0.3 is 118 Å². The van der Waals surface area contributed by atoms with Crippen LogP contribution < -0.4 is 4.74 Å². The number of phenolic OH excluding ortho intramolecular Hbond substituents is 2. The van der Waals surface area contributed by atoms with Gasteiger partial charge in [0.15, 0.2) is 42.6 Å². The first-order valence-electron chi connectivity index (χ1n) is 25.6. The van der Waals surface area contributed by atoms with E-state index in [0.717, 1.165) is 26.0 Å². The first-order chi connectivity index (χ1) is 39.6. The van der Waals surface area contributed by atoms with Crippen LogP contribution >= 0.6 is 0 Å². The molecule has 0 bridgehead atoms. The number of carbonyl (C=O) groups excluding carboxylic acids is 5. The summed E-state index contributed by atoms with van der Waals surface area (Å²) in [6.07, 6.45) is -33.7. The van der Waals surface area contributed by atoms with E-state index in [1.54, 1.807) is 6.07 Å². The van der Waals surface area contributed by atoms with Gasteiger partial charge in [-0.15, -0.1) is 0 Å². The van der Waals surface area contributed by atoms with Gasteiger partial charge in [-0.2, -0.15) is 0 Å². The first kappa shape index (κ1) is 63.8. The highest BCUT2D eigenvalue weighted by atomic mass is 16.8. The fraction of sp³-hybridized carbons (Fsp3) is 0.500. The summed E-state index contributed by atoms with van der Waals surface area (Å²) in [6.45, 7) is -3.04. The summed E-state index contributed by atoms with van der Waals surface area (Å²) in [7, 11) is 1.28. The molecule has 3 aromatic carbocycles. The topological polar surface area (TPSA) is 428 Å². The minimum Gasteiger partial charge on any atom is -0.508 e. The van der Waals surface area contributed by atoms with E-state index >= 15 is 0 Å². The predicted molar refractivity (Wildman–Crippen MR) is 271 cm³/mol. The number of aliphatic hydroxyl groups is 9. The van der Waals surface area contributed by atoms with Gasteiger partial charge in [0.25, 0.3) is 0 Å². The molecule has 0 aromatic heterocycles. The summed E-state index contributed by atoms with van der Waals surface area (Å²) < 4.78 is 76.5. The number of aromatic hydroxyl groups is 2. The maximum Gasteiger partial charge on any atom is 0.338 e. The Morgan fingerprint density at radius 3 is 1.73 bits per heavy atom. The molecule has 3 aromatic rings. The molecule has 0 saturated carbocycles. The molecule has 4 fully saturated rings. The Morgan fingerprint density at radius 2 is 1.12 bits per heavy atom. The summed E-state index contributed by atoms with van der Waals surface area (Å²) in [5.41, 5.74) is 0.528. The van der Waals surface area contributed by atoms with E-state index in [1.165, 1.54) is 86.0 Å². The van der Waals surface area contributed by atoms with Crippen molar-refractivity contribution in [3.05, 3.63) is 102 Å². The Balaban J connectivity index is 1.39. The van der Waals surface area contributed by atoms with Crippen LogP contribution in [0.4, 0.5) is 0 Å². The van der Waals surface area contributed by atoms with Gasteiger partial charge >= 0.3 is 29.8 Å². The van der Waals surface area contributed by atoms with Crippen LogP contribution in [0, 0.1) is 0 Å². The largest absolute Gasteiger partial charge is 0.508 e. The molecule has 454 valence electrons. The average Bonchev–Trinajstić information content (AvgIpc) is 4.00. The van der Waals surface area contributed by atoms with Crippen molar-refractivity contribution in [1.29, 1.82) is 0 Å². The third-order valence-electron chi connectivity index (χ3n) is 13.4. The van der Waals surface area contributed by atoms with Crippen LogP contribution in [-0.4, -0.2) is 242 Å². The minimum atomic E-state index is -2.94. The second kappa shape index (κ2) is 28.7. The normalized spacial score (nSPS) is 33.5. The lowest BCUT2D eigenvalue weighted by atomic mass is 9.95.